The van der Waals surface area contributed by atoms with Crippen LogP contribution in [0.3, 0.4) is 0 Å². The molecule has 1 N–H and O–H groups in total. The van der Waals surface area contributed by atoms with Crippen molar-refractivity contribution in [3.05, 3.63) is 18.2 Å². The summed E-state index contributed by atoms with van der Waals surface area (Å²) in [5.41, 5.74) is 0. The zero-order valence-corrected chi connectivity index (χ0v) is 16.4. The third-order valence-electron chi connectivity index (χ3n) is 5.60. The van der Waals surface area contributed by atoms with Crippen LogP contribution >= 0.6 is 0 Å². The number of ether oxygens (including phenoxy) is 2. The third-order valence-corrected chi connectivity index (χ3v) is 5.60. The molecule has 0 aromatic carbocycles. The molecule has 3 fully saturated rings. The molecule has 4 rings (SSSR count). The average molecular weight is 435 g/mol. The molecule has 3 aliphatic rings. The van der Waals surface area contributed by atoms with Crippen molar-refractivity contribution in [1.82, 2.24) is 9.97 Å². The molecular weight excluding hydrogens is 410 g/mol. The van der Waals surface area contributed by atoms with E-state index in [1.165, 1.54) is 38.1 Å². The highest BCUT2D eigenvalue weighted by molar-refractivity contribution is 5.73. The van der Waals surface area contributed by atoms with Gasteiger partial charge in [-0.3, -0.25) is 0 Å². The molecule has 11 heteroatoms. The van der Waals surface area contributed by atoms with Crippen LogP contribution in [0.1, 0.15) is 38.5 Å². The lowest BCUT2D eigenvalue weighted by atomic mass is 10.0. The van der Waals surface area contributed by atoms with E-state index in [4.69, 9.17) is 19.4 Å². The van der Waals surface area contributed by atoms with E-state index in [1.807, 2.05) is 0 Å². The Labute approximate surface area is 171 Å². The molecule has 2 aliphatic heterocycles. The normalized spacial score (nSPS) is 26.8. The van der Waals surface area contributed by atoms with Crippen LogP contribution in [-0.2, 0) is 14.3 Å². The van der Waals surface area contributed by atoms with Gasteiger partial charge in [0.1, 0.15) is 12.2 Å². The second-order valence-electron chi connectivity index (χ2n) is 7.72. The first-order valence-electron chi connectivity index (χ1n) is 10.0. The number of alkyl halides is 3. The molecular formula is C19H25F4N3O4. The first kappa shape index (κ1) is 22.7. The minimum Gasteiger partial charge on any atom is -0.475 e. The number of rotatable bonds is 4. The van der Waals surface area contributed by atoms with Gasteiger partial charge in [-0.05, 0) is 31.6 Å². The molecule has 7 nitrogen and oxygen atoms in total. The summed E-state index contributed by atoms with van der Waals surface area (Å²) in [6, 6.07) is 0.239. The molecule has 0 spiro atoms. The predicted molar refractivity (Wildman–Crippen MR) is 97.5 cm³/mol. The zero-order valence-electron chi connectivity index (χ0n) is 16.4. The summed E-state index contributed by atoms with van der Waals surface area (Å²) in [7, 11) is 0. The van der Waals surface area contributed by atoms with Crippen molar-refractivity contribution in [3.63, 3.8) is 0 Å². The van der Waals surface area contributed by atoms with Crippen LogP contribution in [0.5, 0.6) is 0 Å². The molecule has 0 amide bonds. The maximum absolute atomic E-state index is 13.1. The van der Waals surface area contributed by atoms with Gasteiger partial charge in [0.05, 0.1) is 25.0 Å². The van der Waals surface area contributed by atoms with Crippen LogP contribution in [0.2, 0.25) is 0 Å². The number of halogens is 4. The monoisotopic (exact) mass is 435 g/mol. The molecule has 3 heterocycles. The zero-order chi connectivity index (χ0) is 21.7. The minimum absolute atomic E-state index is 0.0644. The molecule has 168 valence electrons. The molecule has 0 bridgehead atoms. The van der Waals surface area contributed by atoms with E-state index in [2.05, 4.69) is 14.9 Å². The fourth-order valence-corrected chi connectivity index (χ4v) is 4.18. The summed E-state index contributed by atoms with van der Waals surface area (Å²) in [5.74, 6) is -1.88. The molecule has 1 aromatic rings. The Hall–Kier alpha value is -2.01. The van der Waals surface area contributed by atoms with Crippen molar-refractivity contribution in [1.29, 1.82) is 0 Å². The lowest BCUT2D eigenvalue weighted by Gasteiger charge is -2.32. The van der Waals surface area contributed by atoms with E-state index in [0.29, 0.717) is 11.9 Å². The van der Waals surface area contributed by atoms with Crippen molar-refractivity contribution in [3.8, 4) is 0 Å². The van der Waals surface area contributed by atoms with Crippen LogP contribution in [0, 0.1) is 11.7 Å². The van der Waals surface area contributed by atoms with E-state index >= 15 is 0 Å². The molecule has 2 saturated heterocycles. The van der Waals surface area contributed by atoms with Gasteiger partial charge in [0.2, 0.25) is 5.95 Å². The largest absolute Gasteiger partial charge is 0.490 e. The number of nitrogens with zero attached hydrogens (tertiary/aromatic N) is 3. The van der Waals surface area contributed by atoms with E-state index in [1.54, 1.807) is 0 Å². The molecule has 1 aromatic heterocycles. The lowest BCUT2D eigenvalue weighted by Crippen LogP contribution is -2.42. The van der Waals surface area contributed by atoms with Crippen molar-refractivity contribution in [2.24, 2.45) is 5.92 Å². The smallest absolute Gasteiger partial charge is 0.475 e. The van der Waals surface area contributed by atoms with Gasteiger partial charge in [-0.15, -0.1) is 0 Å². The topological polar surface area (TPSA) is 84.8 Å². The van der Waals surface area contributed by atoms with E-state index in [-0.39, 0.29) is 18.2 Å². The number of hydrogen-bond acceptors (Lipinski definition) is 6. The average Bonchev–Trinajstić information content (AvgIpc) is 3.35. The summed E-state index contributed by atoms with van der Waals surface area (Å²) in [6.07, 6.45) is 4.84. The molecule has 0 radical (unpaired) electrons. The van der Waals surface area contributed by atoms with E-state index in [0.717, 1.165) is 32.6 Å². The predicted octanol–water partition coefficient (Wildman–Crippen LogP) is 3.19. The summed E-state index contributed by atoms with van der Waals surface area (Å²) in [4.78, 5) is 19.3. The van der Waals surface area contributed by atoms with Gasteiger partial charge in [0.15, 0.2) is 5.82 Å². The highest BCUT2D eigenvalue weighted by Gasteiger charge is 2.46. The Kier molecular flexibility index (Phi) is 7.45. The third kappa shape index (κ3) is 5.78. The van der Waals surface area contributed by atoms with Gasteiger partial charge >= 0.3 is 12.1 Å². The summed E-state index contributed by atoms with van der Waals surface area (Å²) in [6.45, 7) is 2.35. The molecule has 1 aliphatic carbocycles. The summed E-state index contributed by atoms with van der Waals surface area (Å²) < 4.78 is 57.1. The fourth-order valence-electron chi connectivity index (χ4n) is 4.18. The Bertz CT molecular complexity index is 698. The van der Waals surface area contributed by atoms with Gasteiger partial charge < -0.3 is 19.5 Å². The lowest BCUT2D eigenvalue weighted by molar-refractivity contribution is -0.192. The van der Waals surface area contributed by atoms with Crippen LogP contribution < -0.4 is 4.90 Å². The van der Waals surface area contributed by atoms with Crippen LogP contribution in [0.15, 0.2) is 12.4 Å². The van der Waals surface area contributed by atoms with Crippen LogP contribution in [0.25, 0.3) is 0 Å². The number of anilines is 1. The highest BCUT2D eigenvalue weighted by atomic mass is 19.4. The Balaban J connectivity index is 0.000000318. The quantitative estimate of drug-likeness (QED) is 0.727. The number of carboxylic acid groups (broad SMARTS) is 1. The number of hydrogen-bond donors (Lipinski definition) is 1. The van der Waals surface area contributed by atoms with Crippen molar-refractivity contribution < 1.29 is 36.9 Å². The highest BCUT2D eigenvalue weighted by Crippen LogP contribution is 2.34. The molecule has 1 saturated carbocycles. The first-order chi connectivity index (χ1) is 14.3. The first-order valence-corrected chi connectivity index (χ1v) is 10.0. The Morgan fingerprint density at radius 1 is 1.20 bits per heavy atom. The maximum atomic E-state index is 13.1. The van der Waals surface area contributed by atoms with Crippen molar-refractivity contribution in [2.45, 2.75) is 63.0 Å². The van der Waals surface area contributed by atoms with Crippen LogP contribution in [0.4, 0.5) is 23.5 Å². The SMILES string of the molecule is Fc1cnc(N2C[C@@H](OCC3CCCC3)[C@H]3OCCC[C@H]32)nc1.O=C(O)C(F)(F)F. The minimum atomic E-state index is -5.08. The van der Waals surface area contributed by atoms with Gasteiger partial charge in [-0.2, -0.15) is 13.2 Å². The molecule has 30 heavy (non-hydrogen) atoms. The van der Waals surface area contributed by atoms with Crippen LogP contribution in [-0.4, -0.2) is 65.2 Å². The van der Waals surface area contributed by atoms with E-state index < -0.39 is 18.0 Å². The maximum Gasteiger partial charge on any atom is 0.490 e. The van der Waals surface area contributed by atoms with Gasteiger partial charge in [0.25, 0.3) is 0 Å². The van der Waals surface area contributed by atoms with Crippen molar-refractivity contribution >= 4 is 11.9 Å². The fraction of sp³-hybridized carbons (Fsp3) is 0.737. The number of fused-ring (bicyclic) bond motifs is 1. The van der Waals surface area contributed by atoms with Crippen molar-refractivity contribution in [2.75, 3.05) is 24.7 Å². The van der Waals surface area contributed by atoms with E-state index in [9.17, 15) is 17.6 Å². The number of carboxylic acids is 1. The number of aliphatic carboxylic acids is 1. The van der Waals surface area contributed by atoms with Gasteiger partial charge in [-0.25, -0.2) is 19.2 Å². The Morgan fingerprint density at radius 2 is 1.83 bits per heavy atom. The summed E-state index contributed by atoms with van der Waals surface area (Å²) >= 11 is 0. The second-order valence-corrected chi connectivity index (χ2v) is 7.72. The number of aromatic nitrogens is 2. The molecule has 3 atom stereocenters. The van der Waals surface area contributed by atoms with Gasteiger partial charge in [-0.1, -0.05) is 12.8 Å². The number of carbonyl (C=O) groups is 1. The summed E-state index contributed by atoms with van der Waals surface area (Å²) in [5, 5.41) is 7.12. The standard InChI is InChI=1S/C17H24FN3O2.C2HF3O2/c18-13-8-19-17(20-9-13)21-10-15(16-14(21)6-3-7-22-16)23-11-12-4-1-2-5-12;3-2(4,5)1(6)7/h8-9,12,14-16H,1-7,10-11H2;(H,6,7)/t14-,15-,16+;/m1./s1. The Morgan fingerprint density at radius 3 is 2.43 bits per heavy atom. The molecule has 0 unspecified atom stereocenters. The second kappa shape index (κ2) is 9.86. The van der Waals surface area contributed by atoms with Gasteiger partial charge in [0, 0.05) is 13.2 Å².